The van der Waals surface area contributed by atoms with E-state index in [0.29, 0.717) is 19.0 Å². The summed E-state index contributed by atoms with van der Waals surface area (Å²) in [6.07, 6.45) is 3.79. The molecule has 0 spiro atoms. The number of anilines is 1. The number of nitrogens with one attached hydrogen (secondary N) is 2. The first-order valence-corrected chi connectivity index (χ1v) is 6.22. The summed E-state index contributed by atoms with van der Waals surface area (Å²) in [5.74, 6) is 0.597. The molecule has 19 heavy (non-hydrogen) atoms. The summed E-state index contributed by atoms with van der Waals surface area (Å²) < 4.78 is 0. The van der Waals surface area contributed by atoms with Crippen LogP contribution in [0.1, 0.15) is 0 Å². The Morgan fingerprint density at radius 1 is 1.21 bits per heavy atom. The molecule has 0 aliphatic heterocycles. The molecule has 0 unspecified atom stereocenters. The first-order valence-electron chi connectivity index (χ1n) is 6.22. The lowest BCUT2D eigenvalue weighted by atomic mass is 10.1. The highest BCUT2D eigenvalue weighted by molar-refractivity contribution is 5.93. The van der Waals surface area contributed by atoms with Gasteiger partial charge in [-0.05, 0) is 5.56 Å². The highest BCUT2D eigenvalue weighted by atomic mass is 15.1. The van der Waals surface area contributed by atoms with Crippen molar-refractivity contribution < 1.29 is 0 Å². The highest BCUT2D eigenvalue weighted by Gasteiger charge is 2.08. The van der Waals surface area contributed by atoms with Crippen LogP contribution in [-0.4, -0.2) is 28.0 Å². The van der Waals surface area contributed by atoms with Crippen LogP contribution < -0.4 is 11.1 Å². The van der Waals surface area contributed by atoms with Crippen LogP contribution in [0.15, 0.2) is 42.7 Å². The van der Waals surface area contributed by atoms with Crippen LogP contribution in [-0.2, 0) is 0 Å². The molecule has 2 heterocycles. The first-order chi connectivity index (χ1) is 9.38. The lowest BCUT2D eigenvalue weighted by Crippen LogP contribution is -2.14. The molecule has 0 bridgehead atoms. The zero-order valence-electron chi connectivity index (χ0n) is 10.4. The van der Waals surface area contributed by atoms with E-state index in [1.165, 1.54) is 0 Å². The normalized spacial score (nSPS) is 10.8. The monoisotopic (exact) mass is 253 g/mol. The SMILES string of the molecule is NCCNc1ncc2c(-c3ccccc3)c[nH]c2n1. The van der Waals surface area contributed by atoms with Crippen LogP contribution in [0.4, 0.5) is 5.95 Å². The molecule has 0 saturated heterocycles. The maximum atomic E-state index is 5.44. The maximum absolute atomic E-state index is 5.44. The number of nitrogens with two attached hydrogens (primary N) is 1. The molecule has 4 N–H and O–H groups in total. The predicted octanol–water partition coefficient (Wildman–Crippen LogP) is 2.00. The van der Waals surface area contributed by atoms with Crippen molar-refractivity contribution in [2.24, 2.45) is 5.73 Å². The van der Waals surface area contributed by atoms with Gasteiger partial charge in [0.05, 0.1) is 0 Å². The minimum absolute atomic E-state index is 0.557. The second-order valence-electron chi connectivity index (χ2n) is 4.24. The van der Waals surface area contributed by atoms with Gasteiger partial charge >= 0.3 is 0 Å². The number of aromatic nitrogens is 3. The Balaban J connectivity index is 2.00. The van der Waals surface area contributed by atoms with Gasteiger partial charge in [0, 0.05) is 36.4 Å². The van der Waals surface area contributed by atoms with Gasteiger partial charge in [-0.25, -0.2) is 4.98 Å². The van der Waals surface area contributed by atoms with Crippen molar-refractivity contribution in [3.05, 3.63) is 42.7 Å². The van der Waals surface area contributed by atoms with E-state index in [4.69, 9.17) is 5.73 Å². The van der Waals surface area contributed by atoms with Gasteiger partial charge in [-0.1, -0.05) is 30.3 Å². The average molecular weight is 253 g/mol. The average Bonchev–Trinajstić information content (AvgIpc) is 2.89. The zero-order chi connectivity index (χ0) is 13.1. The van der Waals surface area contributed by atoms with E-state index in [0.717, 1.165) is 22.2 Å². The Bertz CT molecular complexity index is 675. The van der Waals surface area contributed by atoms with Crippen molar-refractivity contribution >= 4 is 17.0 Å². The lowest BCUT2D eigenvalue weighted by Gasteiger charge is -2.02. The molecule has 2 aromatic heterocycles. The van der Waals surface area contributed by atoms with E-state index >= 15 is 0 Å². The summed E-state index contributed by atoms with van der Waals surface area (Å²) in [5, 5.41) is 4.09. The molecule has 0 fully saturated rings. The number of hydrogen-bond donors (Lipinski definition) is 3. The summed E-state index contributed by atoms with van der Waals surface area (Å²) in [7, 11) is 0. The molecule has 1 aromatic carbocycles. The number of aromatic amines is 1. The highest BCUT2D eigenvalue weighted by Crippen LogP contribution is 2.27. The van der Waals surface area contributed by atoms with Crippen LogP contribution in [0.3, 0.4) is 0 Å². The molecule has 0 amide bonds. The Labute approximate surface area is 110 Å². The number of fused-ring (bicyclic) bond motifs is 1. The van der Waals surface area contributed by atoms with Crippen molar-refractivity contribution in [1.29, 1.82) is 0 Å². The second kappa shape index (κ2) is 5.07. The Morgan fingerprint density at radius 3 is 2.84 bits per heavy atom. The number of rotatable bonds is 4. The standard InChI is InChI=1S/C14H15N5/c15-6-7-16-14-18-9-12-11(8-17-13(12)19-14)10-4-2-1-3-5-10/h1-5,8-9H,6-7,15H2,(H2,16,17,18,19). The molecule has 5 heteroatoms. The quantitative estimate of drug-likeness (QED) is 0.664. The Hall–Kier alpha value is -2.40. The van der Waals surface area contributed by atoms with Crippen LogP contribution in [0.5, 0.6) is 0 Å². The molecule has 0 radical (unpaired) electrons. The van der Waals surface area contributed by atoms with E-state index in [2.05, 4.69) is 32.4 Å². The van der Waals surface area contributed by atoms with Crippen molar-refractivity contribution in [3.63, 3.8) is 0 Å². The summed E-state index contributed by atoms with van der Waals surface area (Å²) in [4.78, 5) is 11.9. The molecule has 96 valence electrons. The number of benzene rings is 1. The van der Waals surface area contributed by atoms with Gasteiger partial charge in [0.1, 0.15) is 5.65 Å². The van der Waals surface area contributed by atoms with E-state index in [1.54, 1.807) is 0 Å². The van der Waals surface area contributed by atoms with Crippen molar-refractivity contribution in [2.45, 2.75) is 0 Å². The third-order valence-electron chi connectivity index (χ3n) is 2.94. The molecular formula is C14H15N5. The summed E-state index contributed by atoms with van der Waals surface area (Å²) in [6, 6.07) is 10.2. The van der Waals surface area contributed by atoms with Gasteiger partial charge in [0.2, 0.25) is 5.95 Å². The van der Waals surface area contributed by atoms with E-state index in [1.807, 2.05) is 30.6 Å². The minimum atomic E-state index is 0.557. The van der Waals surface area contributed by atoms with Crippen LogP contribution in [0.25, 0.3) is 22.2 Å². The van der Waals surface area contributed by atoms with Crippen LogP contribution in [0, 0.1) is 0 Å². The minimum Gasteiger partial charge on any atom is -0.353 e. The molecule has 3 rings (SSSR count). The number of H-pyrrole nitrogens is 1. The number of nitrogens with zero attached hydrogens (tertiary/aromatic N) is 2. The van der Waals surface area contributed by atoms with Gasteiger partial charge in [-0.2, -0.15) is 4.98 Å². The summed E-state index contributed by atoms with van der Waals surface area (Å²) >= 11 is 0. The van der Waals surface area contributed by atoms with Gasteiger partial charge in [-0.15, -0.1) is 0 Å². The van der Waals surface area contributed by atoms with E-state index in [9.17, 15) is 0 Å². The van der Waals surface area contributed by atoms with Gasteiger partial charge in [0.25, 0.3) is 0 Å². The molecule has 0 saturated carbocycles. The molecule has 0 aliphatic rings. The fraction of sp³-hybridized carbons (Fsp3) is 0.143. The van der Waals surface area contributed by atoms with E-state index in [-0.39, 0.29) is 0 Å². The van der Waals surface area contributed by atoms with Crippen molar-refractivity contribution in [2.75, 3.05) is 18.4 Å². The Kier molecular flexibility index (Phi) is 3.12. The topological polar surface area (TPSA) is 79.6 Å². The van der Waals surface area contributed by atoms with Crippen molar-refractivity contribution in [1.82, 2.24) is 15.0 Å². The summed E-state index contributed by atoms with van der Waals surface area (Å²) in [5.41, 5.74) is 8.54. The lowest BCUT2D eigenvalue weighted by molar-refractivity contribution is 0.994. The van der Waals surface area contributed by atoms with Gasteiger partial charge in [0.15, 0.2) is 0 Å². The van der Waals surface area contributed by atoms with Crippen LogP contribution in [0.2, 0.25) is 0 Å². The van der Waals surface area contributed by atoms with Gasteiger partial charge in [-0.3, -0.25) is 0 Å². The largest absolute Gasteiger partial charge is 0.353 e. The molecular weight excluding hydrogens is 238 g/mol. The fourth-order valence-corrected chi connectivity index (χ4v) is 2.03. The van der Waals surface area contributed by atoms with E-state index < -0.39 is 0 Å². The first kappa shape index (κ1) is 11.7. The third-order valence-corrected chi connectivity index (χ3v) is 2.94. The number of hydrogen-bond acceptors (Lipinski definition) is 4. The zero-order valence-corrected chi connectivity index (χ0v) is 10.4. The third kappa shape index (κ3) is 2.28. The maximum Gasteiger partial charge on any atom is 0.224 e. The summed E-state index contributed by atoms with van der Waals surface area (Å²) in [6.45, 7) is 1.22. The van der Waals surface area contributed by atoms with Crippen molar-refractivity contribution in [3.8, 4) is 11.1 Å². The smallest absolute Gasteiger partial charge is 0.224 e. The molecule has 3 aromatic rings. The van der Waals surface area contributed by atoms with Crippen LogP contribution >= 0.6 is 0 Å². The van der Waals surface area contributed by atoms with Gasteiger partial charge < -0.3 is 16.0 Å². The predicted molar refractivity (Wildman–Crippen MR) is 76.9 cm³/mol. The molecule has 0 atom stereocenters. The molecule has 5 nitrogen and oxygen atoms in total. The second-order valence-corrected chi connectivity index (χ2v) is 4.24. The Morgan fingerprint density at radius 2 is 2.05 bits per heavy atom. The molecule has 0 aliphatic carbocycles. The fourth-order valence-electron chi connectivity index (χ4n) is 2.03.